The molecule has 222 valence electrons. The Hall–Kier alpha value is -3.23. The number of aryl methyl sites for hydroxylation is 1. The van der Waals surface area contributed by atoms with Crippen molar-refractivity contribution in [2.45, 2.75) is 61.8 Å². The Kier molecular flexibility index (Phi) is 6.51. The Morgan fingerprint density at radius 2 is 1.98 bits per heavy atom. The number of fused-ring (bicyclic) bond motifs is 3. The van der Waals surface area contributed by atoms with Crippen LogP contribution in [-0.2, 0) is 22.4 Å². The highest BCUT2D eigenvalue weighted by Crippen LogP contribution is 2.43. The normalized spacial score (nSPS) is 23.3. The van der Waals surface area contributed by atoms with Crippen molar-refractivity contribution in [2.24, 2.45) is 0 Å². The number of alkyl halides is 3. The van der Waals surface area contributed by atoms with Crippen molar-refractivity contribution in [3.63, 3.8) is 0 Å². The number of aromatic nitrogens is 2. The molecule has 4 aliphatic rings. The predicted molar refractivity (Wildman–Crippen MR) is 153 cm³/mol. The van der Waals surface area contributed by atoms with Gasteiger partial charge >= 0.3 is 6.18 Å². The fourth-order valence-electron chi connectivity index (χ4n) is 6.17. The Bertz CT molecular complexity index is 1690. The lowest BCUT2D eigenvalue weighted by atomic mass is 10.1. The first-order valence-electron chi connectivity index (χ1n) is 14.0. The van der Waals surface area contributed by atoms with Gasteiger partial charge in [0.25, 0.3) is 5.91 Å². The molecule has 9 nitrogen and oxygen atoms in total. The Balaban J connectivity index is 1.25. The fraction of sp³-hybridized carbons (Fsp3) is 0.464. The van der Waals surface area contributed by atoms with E-state index in [1.54, 1.807) is 0 Å². The lowest BCUT2D eigenvalue weighted by Gasteiger charge is -2.30. The average Bonchev–Trinajstić information content (AvgIpc) is 3.36. The van der Waals surface area contributed by atoms with Crippen molar-refractivity contribution in [3.8, 4) is 10.6 Å². The molecule has 0 unspecified atom stereocenters. The molecule has 2 N–H and O–H groups in total. The zero-order chi connectivity index (χ0) is 29.4. The zero-order valence-corrected chi connectivity index (χ0v) is 24.4. The Labute approximate surface area is 245 Å². The molecule has 7 rings (SSSR count). The van der Waals surface area contributed by atoms with E-state index in [2.05, 4.69) is 31.6 Å². The number of nitrogens with one attached hydrogen (secondary N) is 2. The van der Waals surface area contributed by atoms with Gasteiger partial charge in [-0.3, -0.25) is 4.79 Å². The molecule has 14 heteroatoms. The summed E-state index contributed by atoms with van der Waals surface area (Å²) >= 11 is 0.737. The van der Waals surface area contributed by atoms with Gasteiger partial charge in [0.1, 0.15) is 10.4 Å². The van der Waals surface area contributed by atoms with E-state index in [9.17, 15) is 26.4 Å². The van der Waals surface area contributed by atoms with Gasteiger partial charge in [0, 0.05) is 55.3 Å². The quantitative estimate of drug-likeness (QED) is 0.417. The zero-order valence-electron chi connectivity index (χ0n) is 22.7. The first-order chi connectivity index (χ1) is 20.0. The number of amides is 1. The molecule has 2 atom stereocenters. The maximum Gasteiger partial charge on any atom is 0.420 e. The van der Waals surface area contributed by atoms with Crippen molar-refractivity contribution < 1.29 is 26.4 Å². The summed E-state index contributed by atoms with van der Waals surface area (Å²) in [4.78, 5) is 25.1. The Morgan fingerprint density at radius 3 is 2.64 bits per heavy atom. The standard InChI is InChI=1S/C28H29F3N6O3S2/c1-2-15-9-18(37-14-16-10-19(37)12-32-16)5-6-21(15)34-27-33-13-20(28(29,30)31)24(35-27)22-11-23-25(41-22)26(38)36(17-3-4-17)7-8-42(23,39)40/h5-6,9,11,13,16-17,19,32H,2-4,7-8,10,12,14H2,1H3,(H,33,34,35)/t16-,19-/m0/s1. The number of benzene rings is 1. The second kappa shape index (κ2) is 9.91. The summed E-state index contributed by atoms with van der Waals surface area (Å²) in [5.74, 6) is -0.783. The fourth-order valence-corrected chi connectivity index (χ4v) is 9.09. The van der Waals surface area contributed by atoms with Crippen LogP contribution in [0.2, 0.25) is 0 Å². The molecule has 3 aromatic rings. The number of piperazine rings is 1. The highest BCUT2D eigenvalue weighted by atomic mass is 32.2. The SMILES string of the molecule is CCc1cc(N2C[C@@H]3C[C@H]2CN3)ccc1Nc1ncc(C(F)(F)F)c(-c2cc3c(s2)C(=O)N(C2CC2)CCS3(=O)=O)n1. The molecule has 0 spiro atoms. The number of carbonyl (C=O) groups is 1. The molecule has 3 aliphatic heterocycles. The van der Waals surface area contributed by atoms with Crippen LogP contribution < -0.4 is 15.5 Å². The van der Waals surface area contributed by atoms with Gasteiger partial charge in [-0.1, -0.05) is 6.92 Å². The van der Waals surface area contributed by atoms with E-state index in [0.29, 0.717) is 30.4 Å². The third-order valence-electron chi connectivity index (χ3n) is 8.51. The van der Waals surface area contributed by atoms with Crippen molar-refractivity contribution in [2.75, 3.05) is 35.6 Å². The summed E-state index contributed by atoms with van der Waals surface area (Å²) < 4.78 is 68.5. The van der Waals surface area contributed by atoms with E-state index >= 15 is 0 Å². The van der Waals surface area contributed by atoms with Crippen molar-refractivity contribution >= 4 is 44.4 Å². The second-order valence-corrected chi connectivity index (χ2v) is 14.4. The highest BCUT2D eigenvalue weighted by molar-refractivity contribution is 7.91. The maximum atomic E-state index is 14.1. The first-order valence-corrected chi connectivity index (χ1v) is 16.5. The summed E-state index contributed by atoms with van der Waals surface area (Å²) in [5.41, 5.74) is 1.18. The number of hydrogen-bond acceptors (Lipinski definition) is 9. The third kappa shape index (κ3) is 4.82. The molecular weight excluding hydrogens is 589 g/mol. The molecule has 1 aliphatic carbocycles. The number of rotatable bonds is 6. The summed E-state index contributed by atoms with van der Waals surface area (Å²) in [6.07, 6.45) is -0.722. The molecule has 5 heterocycles. The van der Waals surface area contributed by atoms with Crippen molar-refractivity contribution in [3.05, 3.63) is 46.5 Å². The number of nitrogens with zero attached hydrogens (tertiary/aromatic N) is 4. The molecule has 2 saturated heterocycles. The predicted octanol–water partition coefficient (Wildman–Crippen LogP) is 4.47. The smallest absolute Gasteiger partial charge is 0.366 e. The summed E-state index contributed by atoms with van der Waals surface area (Å²) in [6, 6.07) is 8.05. The lowest BCUT2D eigenvalue weighted by molar-refractivity contribution is -0.137. The third-order valence-corrected chi connectivity index (χ3v) is 11.5. The van der Waals surface area contributed by atoms with E-state index in [4.69, 9.17) is 0 Å². The van der Waals surface area contributed by atoms with E-state index in [-0.39, 0.29) is 38.9 Å². The van der Waals surface area contributed by atoms with Crippen LogP contribution in [0.4, 0.5) is 30.5 Å². The summed E-state index contributed by atoms with van der Waals surface area (Å²) in [5, 5.41) is 6.58. The van der Waals surface area contributed by atoms with Gasteiger partial charge in [0.2, 0.25) is 5.95 Å². The van der Waals surface area contributed by atoms with E-state index in [1.165, 1.54) is 4.90 Å². The van der Waals surface area contributed by atoms with E-state index in [0.717, 1.165) is 61.0 Å². The number of carbonyl (C=O) groups excluding carboxylic acids is 1. The molecule has 1 saturated carbocycles. The molecule has 2 aromatic heterocycles. The van der Waals surface area contributed by atoms with Crippen LogP contribution in [0.5, 0.6) is 0 Å². The van der Waals surface area contributed by atoms with Crippen LogP contribution >= 0.6 is 11.3 Å². The lowest BCUT2D eigenvalue weighted by Crippen LogP contribution is -2.43. The van der Waals surface area contributed by atoms with Crippen LogP contribution in [0.15, 0.2) is 35.4 Å². The van der Waals surface area contributed by atoms with Gasteiger partial charge in [-0.15, -0.1) is 11.3 Å². The highest BCUT2D eigenvalue weighted by Gasteiger charge is 2.42. The molecular formula is C28H29F3N6O3S2. The number of halogens is 3. The average molecular weight is 619 g/mol. The van der Waals surface area contributed by atoms with Crippen LogP contribution in [0.3, 0.4) is 0 Å². The monoisotopic (exact) mass is 618 g/mol. The van der Waals surface area contributed by atoms with Gasteiger partial charge in [-0.05, 0) is 55.5 Å². The summed E-state index contributed by atoms with van der Waals surface area (Å²) in [6.45, 7) is 3.97. The molecule has 1 amide bonds. The number of anilines is 3. The van der Waals surface area contributed by atoms with Crippen LogP contribution in [0, 0.1) is 0 Å². The van der Waals surface area contributed by atoms with Gasteiger partial charge in [-0.25, -0.2) is 18.4 Å². The van der Waals surface area contributed by atoms with Gasteiger partial charge in [-0.2, -0.15) is 13.2 Å². The van der Waals surface area contributed by atoms with Crippen LogP contribution in [0.25, 0.3) is 10.6 Å². The number of thiophene rings is 1. The van der Waals surface area contributed by atoms with Crippen LogP contribution in [0.1, 0.15) is 47.0 Å². The van der Waals surface area contributed by atoms with Crippen molar-refractivity contribution in [1.29, 1.82) is 0 Å². The number of sulfone groups is 1. The van der Waals surface area contributed by atoms with Gasteiger partial charge in [0.15, 0.2) is 9.84 Å². The molecule has 42 heavy (non-hydrogen) atoms. The summed E-state index contributed by atoms with van der Waals surface area (Å²) in [7, 11) is -3.87. The maximum absolute atomic E-state index is 14.1. The van der Waals surface area contributed by atoms with Gasteiger partial charge in [0.05, 0.1) is 21.2 Å². The minimum Gasteiger partial charge on any atom is -0.366 e. The molecule has 2 bridgehead atoms. The topological polar surface area (TPSA) is 108 Å². The van der Waals surface area contributed by atoms with E-state index in [1.807, 2.05) is 19.1 Å². The first kappa shape index (κ1) is 27.6. The Morgan fingerprint density at radius 1 is 1.17 bits per heavy atom. The minimum absolute atomic E-state index is 0.0266. The minimum atomic E-state index is -4.79. The molecule has 0 radical (unpaired) electrons. The van der Waals surface area contributed by atoms with Gasteiger partial charge < -0.3 is 20.4 Å². The largest absolute Gasteiger partial charge is 0.420 e. The second-order valence-electron chi connectivity index (χ2n) is 11.3. The number of hydrogen-bond donors (Lipinski definition) is 2. The van der Waals surface area contributed by atoms with Crippen LogP contribution in [-0.4, -0.2) is 72.7 Å². The van der Waals surface area contributed by atoms with Crippen molar-refractivity contribution in [1.82, 2.24) is 20.2 Å². The van der Waals surface area contributed by atoms with E-state index < -0.39 is 33.2 Å². The molecule has 1 aromatic carbocycles. The molecule has 3 fully saturated rings.